The summed E-state index contributed by atoms with van der Waals surface area (Å²) in [5.41, 5.74) is 2.00. The van der Waals surface area contributed by atoms with Gasteiger partial charge in [-0.3, -0.25) is 14.9 Å². The molecule has 7 heteroatoms. The summed E-state index contributed by atoms with van der Waals surface area (Å²) in [6.07, 6.45) is 3.38. The minimum atomic E-state index is -0.219. The van der Waals surface area contributed by atoms with Crippen LogP contribution in [0.3, 0.4) is 0 Å². The molecule has 0 saturated carbocycles. The normalized spacial score (nSPS) is 15.7. The predicted octanol–water partition coefficient (Wildman–Crippen LogP) is 3.76. The van der Waals surface area contributed by atoms with Crippen LogP contribution in [-0.2, 0) is 4.79 Å². The number of carbonyl (C=O) groups is 2. The largest absolute Gasteiger partial charge is 0.326 e. The third-order valence-electron chi connectivity index (χ3n) is 5.12. The number of amides is 2. The molecule has 1 saturated heterocycles. The lowest BCUT2D eigenvalue weighted by Crippen LogP contribution is -2.41. The van der Waals surface area contributed by atoms with Gasteiger partial charge in [0, 0.05) is 34.8 Å². The number of rotatable bonds is 5. The van der Waals surface area contributed by atoms with Gasteiger partial charge in [0.15, 0.2) is 5.13 Å². The van der Waals surface area contributed by atoms with Crippen molar-refractivity contribution in [2.45, 2.75) is 39.7 Å². The van der Waals surface area contributed by atoms with Gasteiger partial charge in [-0.25, -0.2) is 4.98 Å². The van der Waals surface area contributed by atoms with Crippen molar-refractivity contribution in [3.8, 4) is 0 Å². The van der Waals surface area contributed by atoms with Crippen molar-refractivity contribution >= 4 is 34.0 Å². The Kier molecular flexibility index (Phi) is 6.23. The summed E-state index contributed by atoms with van der Waals surface area (Å²) in [7, 11) is 0. The van der Waals surface area contributed by atoms with Crippen molar-refractivity contribution in [2.24, 2.45) is 5.92 Å². The molecule has 0 atom stereocenters. The molecule has 1 aliphatic rings. The number of hydrogen-bond acceptors (Lipinski definition) is 5. The summed E-state index contributed by atoms with van der Waals surface area (Å²) in [6, 6.07) is 5.91. The van der Waals surface area contributed by atoms with Gasteiger partial charge in [-0.15, -0.1) is 11.3 Å². The van der Waals surface area contributed by atoms with Crippen LogP contribution in [0.1, 0.15) is 42.6 Å². The quantitative estimate of drug-likeness (QED) is 0.820. The molecular weight excluding hydrogens is 360 g/mol. The van der Waals surface area contributed by atoms with Crippen LogP contribution >= 0.6 is 11.3 Å². The Hall–Kier alpha value is -2.25. The maximum absolute atomic E-state index is 12.7. The van der Waals surface area contributed by atoms with E-state index in [2.05, 4.69) is 34.4 Å². The van der Waals surface area contributed by atoms with Crippen LogP contribution in [0.15, 0.2) is 29.8 Å². The maximum atomic E-state index is 12.7. The Morgan fingerprint density at radius 3 is 2.59 bits per heavy atom. The molecule has 6 nitrogen and oxygen atoms in total. The van der Waals surface area contributed by atoms with Crippen molar-refractivity contribution in [1.82, 2.24) is 9.88 Å². The highest BCUT2D eigenvalue weighted by Gasteiger charge is 2.26. The fraction of sp³-hybridized carbons (Fsp3) is 0.450. The standard InChI is InChI=1S/C20H26N4O2S/c1-13(2)24-10-7-15(8-11-24)18(25)22-17-6-4-5-16(14(17)3)19(26)23-20-21-9-12-27-20/h4-6,9,12-13,15H,7-8,10-11H2,1-3H3,(H,22,25)(H,21,23,26). The summed E-state index contributed by atoms with van der Waals surface area (Å²) < 4.78 is 0. The van der Waals surface area contributed by atoms with E-state index >= 15 is 0 Å². The van der Waals surface area contributed by atoms with Gasteiger partial charge in [-0.2, -0.15) is 0 Å². The molecule has 144 valence electrons. The summed E-state index contributed by atoms with van der Waals surface area (Å²) in [5.74, 6) is -0.157. The molecule has 2 amide bonds. The second-order valence-electron chi connectivity index (χ2n) is 7.16. The smallest absolute Gasteiger partial charge is 0.257 e. The van der Waals surface area contributed by atoms with E-state index in [9.17, 15) is 9.59 Å². The Bertz CT molecular complexity index is 796. The van der Waals surface area contributed by atoms with Crippen LogP contribution in [0.5, 0.6) is 0 Å². The summed E-state index contributed by atoms with van der Waals surface area (Å²) in [5, 5.41) is 8.19. The van der Waals surface area contributed by atoms with E-state index in [1.807, 2.05) is 18.4 Å². The Labute approximate surface area is 164 Å². The van der Waals surface area contributed by atoms with E-state index in [0.29, 0.717) is 22.4 Å². The molecule has 0 aliphatic carbocycles. The molecule has 1 fully saturated rings. The van der Waals surface area contributed by atoms with Gasteiger partial charge >= 0.3 is 0 Å². The van der Waals surface area contributed by atoms with Crippen LogP contribution < -0.4 is 10.6 Å². The molecule has 0 unspecified atom stereocenters. The predicted molar refractivity (Wildman–Crippen MR) is 109 cm³/mol. The number of nitrogens with zero attached hydrogens (tertiary/aromatic N) is 2. The molecule has 1 aliphatic heterocycles. The monoisotopic (exact) mass is 386 g/mol. The third kappa shape index (κ3) is 4.73. The fourth-order valence-electron chi connectivity index (χ4n) is 3.38. The average molecular weight is 387 g/mol. The van der Waals surface area contributed by atoms with Crippen LogP contribution in [0.25, 0.3) is 0 Å². The number of piperidine rings is 1. The minimum Gasteiger partial charge on any atom is -0.326 e. The summed E-state index contributed by atoms with van der Waals surface area (Å²) >= 11 is 1.37. The molecule has 2 aromatic rings. The first-order chi connectivity index (χ1) is 13.0. The van der Waals surface area contributed by atoms with Crippen LogP contribution in [0, 0.1) is 12.8 Å². The molecule has 1 aromatic carbocycles. The zero-order chi connectivity index (χ0) is 19.4. The van der Waals surface area contributed by atoms with Crippen molar-refractivity contribution < 1.29 is 9.59 Å². The van der Waals surface area contributed by atoms with E-state index < -0.39 is 0 Å². The minimum absolute atomic E-state index is 0.0206. The topological polar surface area (TPSA) is 74.3 Å². The van der Waals surface area contributed by atoms with Gasteiger partial charge in [0.05, 0.1) is 0 Å². The number of benzene rings is 1. The molecule has 27 heavy (non-hydrogen) atoms. The van der Waals surface area contributed by atoms with Crippen LogP contribution in [0.2, 0.25) is 0 Å². The van der Waals surface area contributed by atoms with Crippen molar-refractivity contribution in [1.29, 1.82) is 0 Å². The van der Waals surface area contributed by atoms with Gasteiger partial charge in [0.2, 0.25) is 5.91 Å². The van der Waals surface area contributed by atoms with Crippen LogP contribution in [-0.4, -0.2) is 40.8 Å². The Morgan fingerprint density at radius 1 is 1.22 bits per heavy atom. The molecule has 0 bridgehead atoms. The van der Waals surface area contributed by atoms with Crippen molar-refractivity contribution in [3.63, 3.8) is 0 Å². The Balaban J connectivity index is 1.65. The SMILES string of the molecule is Cc1c(NC(=O)C2CCN(C(C)C)CC2)cccc1C(=O)Nc1nccs1. The van der Waals surface area contributed by atoms with E-state index in [1.54, 1.807) is 18.3 Å². The highest BCUT2D eigenvalue weighted by Crippen LogP contribution is 2.24. The number of likely N-dealkylation sites (tertiary alicyclic amines) is 1. The van der Waals surface area contributed by atoms with Crippen molar-refractivity contribution in [3.05, 3.63) is 40.9 Å². The lowest BCUT2D eigenvalue weighted by Gasteiger charge is -2.34. The first kappa shape index (κ1) is 19.5. The lowest BCUT2D eigenvalue weighted by molar-refractivity contribution is -0.121. The molecular formula is C20H26N4O2S. The summed E-state index contributed by atoms with van der Waals surface area (Å²) in [4.78, 5) is 31.7. The number of aromatic nitrogens is 1. The molecule has 0 radical (unpaired) electrons. The zero-order valence-electron chi connectivity index (χ0n) is 16.0. The zero-order valence-corrected chi connectivity index (χ0v) is 16.8. The van der Waals surface area contributed by atoms with Gasteiger partial charge in [-0.05, 0) is 64.4 Å². The second-order valence-corrected chi connectivity index (χ2v) is 8.06. The molecule has 2 N–H and O–H groups in total. The van der Waals surface area contributed by atoms with E-state index in [0.717, 1.165) is 31.5 Å². The molecule has 3 rings (SSSR count). The van der Waals surface area contributed by atoms with Crippen LogP contribution in [0.4, 0.5) is 10.8 Å². The molecule has 1 aromatic heterocycles. The number of nitrogens with one attached hydrogen (secondary N) is 2. The second kappa shape index (κ2) is 8.63. The number of carbonyl (C=O) groups excluding carboxylic acids is 2. The van der Waals surface area contributed by atoms with Crippen molar-refractivity contribution in [2.75, 3.05) is 23.7 Å². The number of anilines is 2. The number of hydrogen-bond donors (Lipinski definition) is 2. The van der Waals surface area contributed by atoms with Gasteiger partial charge in [0.1, 0.15) is 0 Å². The van der Waals surface area contributed by atoms with E-state index in [-0.39, 0.29) is 17.7 Å². The fourth-order valence-corrected chi connectivity index (χ4v) is 3.90. The van der Waals surface area contributed by atoms with E-state index in [4.69, 9.17) is 0 Å². The molecule has 0 spiro atoms. The first-order valence-corrected chi connectivity index (χ1v) is 10.2. The van der Waals surface area contributed by atoms with Gasteiger partial charge in [0.25, 0.3) is 5.91 Å². The van der Waals surface area contributed by atoms with E-state index in [1.165, 1.54) is 11.3 Å². The molecule has 2 heterocycles. The first-order valence-electron chi connectivity index (χ1n) is 9.31. The number of thiazole rings is 1. The maximum Gasteiger partial charge on any atom is 0.257 e. The van der Waals surface area contributed by atoms with Gasteiger partial charge < -0.3 is 10.2 Å². The summed E-state index contributed by atoms with van der Waals surface area (Å²) in [6.45, 7) is 8.13. The Morgan fingerprint density at radius 2 is 1.96 bits per heavy atom. The average Bonchev–Trinajstić information content (AvgIpc) is 3.16. The lowest BCUT2D eigenvalue weighted by atomic mass is 9.94. The highest BCUT2D eigenvalue weighted by molar-refractivity contribution is 7.13. The third-order valence-corrected chi connectivity index (χ3v) is 5.81. The van der Waals surface area contributed by atoms with Gasteiger partial charge in [-0.1, -0.05) is 6.07 Å². The highest BCUT2D eigenvalue weighted by atomic mass is 32.1.